The number of carbonyl (C=O) groups is 1. The lowest BCUT2D eigenvalue weighted by molar-refractivity contribution is -0.556. The van der Waals surface area contributed by atoms with Gasteiger partial charge in [-0.2, -0.15) is 0 Å². The zero-order valence-corrected chi connectivity index (χ0v) is 31.7. The van der Waals surface area contributed by atoms with Crippen LogP contribution in [0.5, 0.6) is 0 Å². The summed E-state index contributed by atoms with van der Waals surface area (Å²) < 4.78 is 2.52. The van der Waals surface area contributed by atoms with Gasteiger partial charge in [0.15, 0.2) is 0 Å². The van der Waals surface area contributed by atoms with Crippen molar-refractivity contribution in [2.45, 2.75) is 220 Å². The van der Waals surface area contributed by atoms with Crippen LogP contribution in [-0.4, -0.2) is 41.0 Å². The Kier molecular flexibility index (Phi) is 27.3. The van der Waals surface area contributed by atoms with Gasteiger partial charge in [-0.1, -0.05) is 134 Å². The second-order valence-corrected chi connectivity index (χ2v) is 14.8. The molecule has 2 N–H and O–H groups in total. The van der Waals surface area contributed by atoms with Crippen molar-refractivity contribution in [1.82, 2.24) is 10.6 Å². The lowest BCUT2D eigenvalue weighted by Gasteiger charge is -2.26. The highest BCUT2D eigenvalue weighted by molar-refractivity contribution is 5.92. The minimum atomic E-state index is -0.356. The van der Waals surface area contributed by atoms with Gasteiger partial charge in [0.2, 0.25) is 5.91 Å². The smallest absolute Gasteiger partial charge is 0.270 e. The van der Waals surface area contributed by atoms with Crippen LogP contribution in [0.25, 0.3) is 0 Å². The topological polar surface area (TPSA) is 44.1 Å². The van der Waals surface area contributed by atoms with Gasteiger partial charge in [-0.15, -0.1) is 0 Å². The molecule has 1 amide bonds. The maximum Gasteiger partial charge on any atom is 0.270 e. The van der Waals surface area contributed by atoms with Gasteiger partial charge in [-0.25, -0.2) is 0 Å². The number of rotatable bonds is 32. The number of amidine groups is 1. The van der Waals surface area contributed by atoms with Crippen molar-refractivity contribution < 1.29 is 9.37 Å². The molecule has 268 valence electrons. The fourth-order valence-electron chi connectivity index (χ4n) is 6.84. The Labute approximate surface area is 288 Å². The number of amides is 1. The van der Waals surface area contributed by atoms with Crippen LogP contribution in [0.2, 0.25) is 0 Å². The summed E-state index contributed by atoms with van der Waals surface area (Å²) >= 11 is 0. The highest BCUT2D eigenvalue weighted by atomic mass is 16.1. The van der Waals surface area contributed by atoms with Crippen molar-refractivity contribution in [2.24, 2.45) is 0 Å². The van der Waals surface area contributed by atoms with E-state index in [0.717, 1.165) is 25.9 Å². The van der Waals surface area contributed by atoms with E-state index in [2.05, 4.69) is 74.1 Å². The third-order valence-corrected chi connectivity index (χ3v) is 9.81. The Morgan fingerprint density at radius 3 is 1.57 bits per heavy atom. The first-order valence-electron chi connectivity index (χ1n) is 20.4. The first-order chi connectivity index (χ1) is 22.4. The first kappa shape index (κ1) is 42.4. The number of hydrogen-bond donors (Lipinski definition) is 2. The summed E-state index contributed by atoms with van der Waals surface area (Å²) in [6, 6.07) is 0.504. The van der Waals surface area contributed by atoms with Crippen LogP contribution in [0.15, 0.2) is 24.3 Å². The Hall–Kier alpha value is -1.58. The molecule has 1 aliphatic heterocycles. The van der Waals surface area contributed by atoms with Crippen molar-refractivity contribution >= 4 is 11.7 Å². The van der Waals surface area contributed by atoms with Crippen LogP contribution in [0.4, 0.5) is 0 Å². The Morgan fingerprint density at radius 2 is 1.09 bits per heavy atom. The molecular formula is C42H80N3O+. The number of unbranched alkanes of at least 4 members (excludes halogenated alkanes) is 21. The maximum absolute atomic E-state index is 12.9. The number of nitrogens with one attached hydrogen (secondary N) is 2. The van der Waals surface area contributed by atoms with Gasteiger partial charge < -0.3 is 5.32 Å². The van der Waals surface area contributed by atoms with Crippen molar-refractivity contribution in [3.63, 3.8) is 0 Å². The van der Waals surface area contributed by atoms with Crippen molar-refractivity contribution in [3.8, 4) is 0 Å². The second kappa shape index (κ2) is 29.6. The normalized spacial score (nSPS) is 14.5. The Balaban J connectivity index is 2.14. The highest BCUT2D eigenvalue weighted by Gasteiger charge is 2.38. The molecule has 1 rings (SSSR count). The lowest BCUT2D eigenvalue weighted by Crippen LogP contribution is -2.56. The van der Waals surface area contributed by atoms with E-state index in [1.54, 1.807) is 0 Å². The van der Waals surface area contributed by atoms with E-state index in [4.69, 9.17) is 0 Å². The Bertz CT molecular complexity index is 812. The molecule has 4 nitrogen and oxygen atoms in total. The molecular weight excluding hydrogens is 562 g/mol. The van der Waals surface area contributed by atoms with Crippen molar-refractivity contribution in [2.75, 3.05) is 13.1 Å². The van der Waals surface area contributed by atoms with E-state index >= 15 is 0 Å². The van der Waals surface area contributed by atoms with Gasteiger partial charge in [0.05, 0.1) is 6.04 Å². The molecule has 1 heterocycles. The van der Waals surface area contributed by atoms with E-state index in [0.29, 0.717) is 12.5 Å². The second-order valence-electron chi connectivity index (χ2n) is 14.8. The summed E-state index contributed by atoms with van der Waals surface area (Å²) in [7, 11) is 0. The van der Waals surface area contributed by atoms with Crippen LogP contribution in [0.1, 0.15) is 208 Å². The molecule has 46 heavy (non-hydrogen) atoms. The van der Waals surface area contributed by atoms with E-state index in [1.165, 1.54) is 160 Å². The highest BCUT2D eigenvalue weighted by Crippen LogP contribution is 2.16. The van der Waals surface area contributed by atoms with E-state index in [9.17, 15) is 4.79 Å². The molecule has 0 aromatic carbocycles. The van der Waals surface area contributed by atoms with Gasteiger partial charge in [0.1, 0.15) is 18.6 Å². The molecule has 0 saturated heterocycles. The summed E-state index contributed by atoms with van der Waals surface area (Å²) in [5, 5.41) is 6.98. The number of nitrogens with zero attached hydrogens (tertiary/aromatic N) is 1. The first-order valence-corrected chi connectivity index (χ1v) is 20.4. The minimum absolute atomic E-state index is 0.192. The number of hydrogen-bond acceptors (Lipinski definition) is 2. The monoisotopic (exact) mass is 643 g/mol. The standard InChI is InChI=1S/C42H79N3O/c1-6-8-10-12-14-16-18-20-22-24-26-28-30-32-34-36-40(46)44-42(4,5)41-43-37-38-45(41)39(3)35-33-31-29-27-25-23-21-19-17-15-13-11-9-7-2/h20-23,39H,6-19,24-38H2,1-5H3,(H,44,46)/p+1. The fraction of sp³-hybridized carbons (Fsp3) is 0.857. The molecule has 0 bridgehead atoms. The largest absolute Gasteiger partial charge is 0.340 e. The van der Waals surface area contributed by atoms with Crippen LogP contribution in [0, 0.1) is 0 Å². The summed E-state index contributed by atoms with van der Waals surface area (Å²) in [5.41, 5.74) is -0.356. The maximum atomic E-state index is 12.9. The van der Waals surface area contributed by atoms with E-state index in [1.807, 2.05) is 0 Å². The molecule has 4 heteroatoms. The van der Waals surface area contributed by atoms with Gasteiger partial charge >= 0.3 is 0 Å². The molecule has 0 radical (unpaired) electrons. The van der Waals surface area contributed by atoms with Gasteiger partial charge in [-0.3, -0.25) is 14.7 Å². The minimum Gasteiger partial charge on any atom is -0.340 e. The van der Waals surface area contributed by atoms with E-state index in [-0.39, 0.29) is 11.4 Å². The summed E-state index contributed by atoms with van der Waals surface area (Å²) in [6.07, 6.45) is 44.3. The van der Waals surface area contributed by atoms with Crippen LogP contribution >= 0.6 is 0 Å². The lowest BCUT2D eigenvalue weighted by atomic mass is 10.0. The molecule has 0 aromatic heterocycles. The predicted octanol–water partition coefficient (Wildman–Crippen LogP) is 12.0. The van der Waals surface area contributed by atoms with Crippen LogP contribution < -0.4 is 10.6 Å². The predicted molar refractivity (Wildman–Crippen MR) is 204 cm³/mol. The van der Waals surface area contributed by atoms with Crippen LogP contribution in [0.3, 0.4) is 0 Å². The van der Waals surface area contributed by atoms with Crippen LogP contribution in [-0.2, 0) is 4.79 Å². The van der Waals surface area contributed by atoms with Gasteiger partial charge in [0, 0.05) is 6.42 Å². The quantitative estimate of drug-likeness (QED) is 0.0435. The number of allylic oxidation sites excluding steroid dienone is 4. The molecule has 1 atom stereocenters. The SMILES string of the molecule is CCCCCCCCC=CCCCCCCCC(=O)NC(C)(C)C1=[N+](C(C)CCCCCCC=CCCCCCCCC)CCN1. The molecule has 0 saturated carbocycles. The molecule has 1 unspecified atom stereocenters. The van der Waals surface area contributed by atoms with Gasteiger partial charge in [0.25, 0.3) is 5.84 Å². The molecule has 1 aliphatic rings. The summed E-state index contributed by atoms with van der Waals surface area (Å²) in [6.45, 7) is 13.3. The van der Waals surface area contributed by atoms with E-state index < -0.39 is 0 Å². The Morgan fingerprint density at radius 1 is 0.674 bits per heavy atom. The molecule has 0 fully saturated rings. The molecule has 0 spiro atoms. The third kappa shape index (κ3) is 22.9. The zero-order valence-electron chi connectivity index (χ0n) is 31.7. The van der Waals surface area contributed by atoms with Crippen molar-refractivity contribution in [1.29, 1.82) is 0 Å². The summed E-state index contributed by atoms with van der Waals surface area (Å²) in [5.74, 6) is 1.39. The van der Waals surface area contributed by atoms with Gasteiger partial charge in [-0.05, 0) is 91.4 Å². The number of carbonyl (C=O) groups excluding carboxylic acids is 1. The molecule has 0 aliphatic carbocycles. The zero-order chi connectivity index (χ0) is 33.6. The summed E-state index contributed by atoms with van der Waals surface area (Å²) in [4.78, 5) is 12.9. The molecule has 0 aromatic rings. The average molecular weight is 643 g/mol. The fourth-order valence-corrected chi connectivity index (χ4v) is 6.84. The average Bonchev–Trinajstić information content (AvgIpc) is 3.54. The van der Waals surface area contributed by atoms with Crippen molar-refractivity contribution in [3.05, 3.63) is 24.3 Å². The third-order valence-electron chi connectivity index (χ3n) is 9.81.